The van der Waals surface area contributed by atoms with Gasteiger partial charge in [0.1, 0.15) is 4.88 Å². The minimum absolute atomic E-state index is 0.301. The number of thiazole rings is 1. The molecule has 0 atom stereocenters. The molecular weight excluding hydrogens is 457 g/mol. The van der Waals surface area contributed by atoms with Gasteiger partial charge in [0.2, 0.25) is 0 Å². The van der Waals surface area contributed by atoms with E-state index in [1.807, 2.05) is 24.3 Å². The maximum Gasteiger partial charge on any atom is 0.350 e. The van der Waals surface area contributed by atoms with Crippen molar-refractivity contribution in [3.63, 3.8) is 0 Å². The fourth-order valence-electron chi connectivity index (χ4n) is 3.09. The van der Waals surface area contributed by atoms with Crippen LogP contribution in [0.1, 0.15) is 25.7 Å². The number of rotatable bonds is 4. The van der Waals surface area contributed by atoms with E-state index in [2.05, 4.69) is 15.3 Å². The third-order valence-electron chi connectivity index (χ3n) is 4.56. The van der Waals surface area contributed by atoms with E-state index in [-0.39, 0.29) is 5.91 Å². The average Bonchev–Trinajstić information content (AvgIpc) is 3.12. The lowest BCUT2D eigenvalue weighted by Crippen LogP contribution is -2.13. The van der Waals surface area contributed by atoms with Crippen LogP contribution in [0.4, 0.5) is 5.13 Å². The van der Waals surface area contributed by atoms with Gasteiger partial charge < -0.3 is 4.74 Å². The van der Waals surface area contributed by atoms with Crippen molar-refractivity contribution in [3.8, 4) is 11.3 Å². The van der Waals surface area contributed by atoms with Gasteiger partial charge in [0, 0.05) is 16.0 Å². The minimum Gasteiger partial charge on any atom is -0.465 e. The molecule has 9 heteroatoms. The van der Waals surface area contributed by atoms with Crippen molar-refractivity contribution in [2.24, 2.45) is 0 Å². The molecule has 0 spiro atoms. The van der Waals surface area contributed by atoms with Crippen LogP contribution in [0.2, 0.25) is 10.0 Å². The van der Waals surface area contributed by atoms with Gasteiger partial charge >= 0.3 is 5.97 Å². The number of aryl methyl sites for hydroxylation is 1. The summed E-state index contributed by atoms with van der Waals surface area (Å²) < 4.78 is 4.75. The fourth-order valence-corrected chi connectivity index (χ4v) is 4.48. The number of amides is 1. The number of para-hydroxylation sites is 1. The molecule has 0 fully saturated rings. The van der Waals surface area contributed by atoms with Gasteiger partial charge in [-0.05, 0) is 37.3 Å². The van der Waals surface area contributed by atoms with Gasteiger partial charge in [-0.25, -0.2) is 14.8 Å². The van der Waals surface area contributed by atoms with Gasteiger partial charge in [0.15, 0.2) is 5.13 Å². The Bertz CT molecular complexity index is 1340. The third-order valence-corrected chi connectivity index (χ3v) is 6.16. The highest BCUT2D eigenvalue weighted by Gasteiger charge is 2.20. The number of aromatic nitrogens is 2. The highest BCUT2D eigenvalue weighted by atomic mass is 35.5. The number of ether oxygens (including phenoxy) is 1. The summed E-state index contributed by atoms with van der Waals surface area (Å²) in [5.41, 5.74) is 2.72. The first kappa shape index (κ1) is 21.2. The van der Waals surface area contributed by atoms with E-state index >= 15 is 0 Å². The lowest BCUT2D eigenvalue weighted by molar-refractivity contribution is 0.0605. The van der Waals surface area contributed by atoms with Crippen molar-refractivity contribution >= 4 is 62.4 Å². The molecule has 0 aliphatic carbocycles. The Hall–Kier alpha value is -3.00. The second-order valence-electron chi connectivity index (χ2n) is 6.58. The minimum atomic E-state index is -0.496. The number of carbonyl (C=O) groups excluding carboxylic acids is 2. The van der Waals surface area contributed by atoms with Gasteiger partial charge in [-0.3, -0.25) is 10.1 Å². The predicted molar refractivity (Wildman–Crippen MR) is 123 cm³/mol. The second kappa shape index (κ2) is 8.63. The van der Waals surface area contributed by atoms with E-state index in [1.54, 1.807) is 31.2 Å². The third kappa shape index (κ3) is 4.25. The molecule has 156 valence electrons. The number of esters is 1. The Kier molecular flexibility index (Phi) is 5.91. The molecule has 6 nitrogen and oxygen atoms in total. The first-order chi connectivity index (χ1) is 14.9. The van der Waals surface area contributed by atoms with Crippen LogP contribution in [0.5, 0.6) is 0 Å². The zero-order valence-electron chi connectivity index (χ0n) is 16.4. The number of hydrogen-bond acceptors (Lipinski definition) is 6. The summed E-state index contributed by atoms with van der Waals surface area (Å²) in [6, 6.07) is 14.1. The summed E-state index contributed by atoms with van der Waals surface area (Å²) in [4.78, 5) is 34.3. The van der Waals surface area contributed by atoms with Crippen molar-refractivity contribution < 1.29 is 14.3 Å². The Labute approximate surface area is 191 Å². The molecule has 0 radical (unpaired) electrons. The Balaban J connectivity index is 1.77. The zero-order chi connectivity index (χ0) is 22.1. The molecule has 2 heterocycles. The van der Waals surface area contributed by atoms with Crippen molar-refractivity contribution in [1.82, 2.24) is 9.97 Å². The number of benzene rings is 2. The van der Waals surface area contributed by atoms with Gasteiger partial charge in [-0.2, -0.15) is 0 Å². The molecule has 0 aliphatic rings. The quantitative estimate of drug-likeness (QED) is 0.368. The second-order valence-corrected chi connectivity index (χ2v) is 8.42. The molecule has 0 unspecified atom stereocenters. The molecule has 1 N–H and O–H groups in total. The molecule has 0 saturated heterocycles. The summed E-state index contributed by atoms with van der Waals surface area (Å²) in [6.45, 7) is 1.68. The van der Waals surface area contributed by atoms with E-state index in [0.29, 0.717) is 53.5 Å². The topological polar surface area (TPSA) is 81.2 Å². The van der Waals surface area contributed by atoms with Crippen LogP contribution in [-0.4, -0.2) is 29.0 Å². The average molecular weight is 472 g/mol. The number of pyridine rings is 1. The number of nitrogens with zero attached hydrogens (tertiary/aromatic N) is 2. The van der Waals surface area contributed by atoms with E-state index in [0.717, 1.165) is 11.3 Å². The first-order valence-corrected chi connectivity index (χ1v) is 10.7. The van der Waals surface area contributed by atoms with Crippen LogP contribution in [0.3, 0.4) is 0 Å². The van der Waals surface area contributed by atoms with Crippen LogP contribution >= 0.6 is 34.5 Å². The van der Waals surface area contributed by atoms with E-state index in [1.165, 1.54) is 7.11 Å². The molecule has 31 heavy (non-hydrogen) atoms. The van der Waals surface area contributed by atoms with E-state index in [9.17, 15) is 9.59 Å². The SMILES string of the molecule is COC(=O)c1sc(NC(=O)c2cc(-c3ccc(Cl)cc3Cl)nc3ccccc23)nc1C. The lowest BCUT2D eigenvalue weighted by atomic mass is 10.0. The molecular formula is C22H15Cl2N3O3S. The monoisotopic (exact) mass is 471 g/mol. The van der Waals surface area contributed by atoms with E-state index < -0.39 is 5.97 Å². The van der Waals surface area contributed by atoms with Crippen LogP contribution in [0.25, 0.3) is 22.2 Å². The normalized spacial score (nSPS) is 10.8. The molecule has 0 bridgehead atoms. The molecule has 1 amide bonds. The molecule has 4 aromatic rings. The van der Waals surface area contributed by atoms with Gasteiger partial charge in [0.25, 0.3) is 5.91 Å². The first-order valence-electron chi connectivity index (χ1n) is 9.09. The number of nitrogens with one attached hydrogen (secondary N) is 1. The van der Waals surface area contributed by atoms with Crippen LogP contribution in [-0.2, 0) is 4.74 Å². The molecule has 2 aromatic heterocycles. The van der Waals surface area contributed by atoms with Crippen LogP contribution in [0, 0.1) is 6.92 Å². The number of anilines is 1. The Morgan fingerprint density at radius 3 is 2.58 bits per heavy atom. The summed E-state index contributed by atoms with van der Waals surface area (Å²) in [5.74, 6) is -0.875. The van der Waals surface area contributed by atoms with Crippen molar-refractivity contribution in [2.75, 3.05) is 12.4 Å². The van der Waals surface area contributed by atoms with Crippen LogP contribution < -0.4 is 5.32 Å². The number of hydrogen-bond donors (Lipinski definition) is 1. The molecule has 0 aliphatic heterocycles. The number of halogens is 2. The van der Waals surface area contributed by atoms with Gasteiger partial charge in [-0.1, -0.05) is 52.7 Å². The standard InChI is InChI=1S/C22H15Cl2N3O3S/c1-11-19(21(29)30-2)31-22(25-11)27-20(28)15-10-18(14-8-7-12(23)9-16(14)24)26-17-6-4-3-5-13(15)17/h3-10H,1-2H3,(H,25,27,28). The predicted octanol–water partition coefficient (Wildman–Crippen LogP) is 6.01. The molecule has 0 saturated carbocycles. The Morgan fingerprint density at radius 2 is 1.84 bits per heavy atom. The highest BCUT2D eigenvalue weighted by Crippen LogP contribution is 2.32. The highest BCUT2D eigenvalue weighted by molar-refractivity contribution is 7.17. The summed E-state index contributed by atoms with van der Waals surface area (Å²) in [6.07, 6.45) is 0. The van der Waals surface area contributed by atoms with Crippen molar-refractivity contribution in [3.05, 3.63) is 74.7 Å². The Morgan fingerprint density at radius 1 is 1.06 bits per heavy atom. The smallest absolute Gasteiger partial charge is 0.350 e. The number of carbonyl (C=O) groups is 2. The summed E-state index contributed by atoms with van der Waals surface area (Å²) in [7, 11) is 1.30. The van der Waals surface area contributed by atoms with Crippen molar-refractivity contribution in [1.29, 1.82) is 0 Å². The van der Waals surface area contributed by atoms with Crippen LogP contribution in [0.15, 0.2) is 48.5 Å². The van der Waals surface area contributed by atoms with Gasteiger partial charge in [-0.15, -0.1) is 0 Å². The molecule has 4 rings (SSSR count). The number of fused-ring (bicyclic) bond motifs is 1. The zero-order valence-corrected chi connectivity index (χ0v) is 18.7. The fraction of sp³-hybridized carbons (Fsp3) is 0.0909. The summed E-state index contributed by atoms with van der Waals surface area (Å²) >= 11 is 13.4. The van der Waals surface area contributed by atoms with Crippen molar-refractivity contribution in [2.45, 2.75) is 6.92 Å². The lowest BCUT2D eigenvalue weighted by Gasteiger charge is -2.11. The molecule has 2 aromatic carbocycles. The largest absolute Gasteiger partial charge is 0.465 e. The maximum absolute atomic E-state index is 13.2. The summed E-state index contributed by atoms with van der Waals surface area (Å²) in [5, 5.41) is 4.69. The van der Waals surface area contributed by atoms with Gasteiger partial charge in [0.05, 0.1) is 34.6 Å². The maximum atomic E-state index is 13.2. The number of methoxy groups -OCH3 is 1. The van der Waals surface area contributed by atoms with E-state index in [4.69, 9.17) is 27.9 Å².